The van der Waals surface area contributed by atoms with Gasteiger partial charge in [-0.3, -0.25) is 14.4 Å². The van der Waals surface area contributed by atoms with E-state index in [0.717, 1.165) is 154 Å². The van der Waals surface area contributed by atoms with Gasteiger partial charge < -0.3 is 14.2 Å². The zero-order chi connectivity index (χ0) is 48.6. The first-order chi connectivity index (χ1) is 33.0. The van der Waals surface area contributed by atoms with E-state index in [9.17, 15) is 14.4 Å². The van der Waals surface area contributed by atoms with Gasteiger partial charge in [-0.2, -0.15) is 0 Å². The fraction of sp³-hybridized carbons (Fsp3) is 0.656. The van der Waals surface area contributed by atoms with Crippen molar-refractivity contribution in [2.75, 3.05) is 13.2 Å². The standard InChI is InChI=1S/C61H100O6/c1-4-7-10-13-16-19-22-25-27-29-30-32-33-36-39-42-45-48-51-54-60(63)66-57-58(56-65-59(62)53-50-47-44-41-38-35-24-21-18-15-12-9-6-3)67-61(64)55-52-49-46-43-40-37-34-31-28-26-23-20-17-14-11-8-5-2/h7-8,10-12,15-17,19-21,24-28,30,32,58H,4-6,9,13-14,18,22-23,29,31,33-57H2,1-3H3/b10-7-,11-8-,15-12-,19-16-,20-17-,24-21-,27-25-,28-26-,32-30-. The average Bonchev–Trinajstić information content (AvgIpc) is 3.33. The molecule has 0 bridgehead atoms. The number of ether oxygens (including phenoxy) is 3. The minimum Gasteiger partial charge on any atom is -0.462 e. The summed E-state index contributed by atoms with van der Waals surface area (Å²) in [6, 6.07) is 0. The first-order valence-corrected chi connectivity index (χ1v) is 27.4. The molecule has 0 aromatic heterocycles. The summed E-state index contributed by atoms with van der Waals surface area (Å²) >= 11 is 0. The molecule has 0 saturated heterocycles. The lowest BCUT2D eigenvalue weighted by atomic mass is 10.1. The lowest BCUT2D eigenvalue weighted by molar-refractivity contribution is -0.167. The predicted octanol–water partition coefficient (Wildman–Crippen LogP) is 18.3. The molecule has 1 unspecified atom stereocenters. The van der Waals surface area contributed by atoms with Crippen molar-refractivity contribution in [3.05, 3.63) is 109 Å². The first-order valence-electron chi connectivity index (χ1n) is 27.4. The van der Waals surface area contributed by atoms with E-state index in [0.29, 0.717) is 19.3 Å². The van der Waals surface area contributed by atoms with E-state index in [-0.39, 0.29) is 31.1 Å². The molecule has 0 radical (unpaired) electrons. The molecule has 67 heavy (non-hydrogen) atoms. The van der Waals surface area contributed by atoms with Gasteiger partial charge in [-0.1, -0.05) is 214 Å². The van der Waals surface area contributed by atoms with Crippen LogP contribution in [-0.2, 0) is 28.6 Å². The molecule has 1 atom stereocenters. The van der Waals surface area contributed by atoms with Crippen LogP contribution >= 0.6 is 0 Å². The van der Waals surface area contributed by atoms with Crippen LogP contribution in [-0.4, -0.2) is 37.2 Å². The number of carbonyl (C=O) groups is 3. The maximum absolute atomic E-state index is 12.8. The van der Waals surface area contributed by atoms with Crippen LogP contribution in [0.4, 0.5) is 0 Å². The van der Waals surface area contributed by atoms with Crippen molar-refractivity contribution in [3.8, 4) is 0 Å². The molecule has 0 amide bonds. The topological polar surface area (TPSA) is 78.9 Å². The van der Waals surface area contributed by atoms with Crippen molar-refractivity contribution in [1.29, 1.82) is 0 Å². The van der Waals surface area contributed by atoms with Crippen molar-refractivity contribution >= 4 is 17.9 Å². The van der Waals surface area contributed by atoms with Crippen LogP contribution in [0.25, 0.3) is 0 Å². The van der Waals surface area contributed by atoms with Gasteiger partial charge >= 0.3 is 17.9 Å². The van der Waals surface area contributed by atoms with Gasteiger partial charge in [0.15, 0.2) is 6.10 Å². The fourth-order valence-electron chi connectivity index (χ4n) is 7.19. The van der Waals surface area contributed by atoms with Crippen LogP contribution in [0.1, 0.15) is 239 Å². The third-order valence-corrected chi connectivity index (χ3v) is 11.2. The second kappa shape index (κ2) is 54.7. The summed E-state index contributed by atoms with van der Waals surface area (Å²) in [7, 11) is 0. The molecule has 0 N–H and O–H groups in total. The number of hydrogen-bond acceptors (Lipinski definition) is 6. The summed E-state index contributed by atoms with van der Waals surface area (Å²) in [6.07, 6.45) is 73.5. The van der Waals surface area contributed by atoms with Gasteiger partial charge in [-0.15, -0.1) is 0 Å². The third kappa shape index (κ3) is 52.9. The summed E-state index contributed by atoms with van der Waals surface area (Å²) < 4.78 is 16.8. The molecule has 6 nitrogen and oxygen atoms in total. The highest BCUT2D eigenvalue weighted by Gasteiger charge is 2.19. The smallest absolute Gasteiger partial charge is 0.306 e. The first kappa shape index (κ1) is 63.1. The monoisotopic (exact) mass is 929 g/mol. The molecule has 0 aromatic carbocycles. The Kier molecular flexibility index (Phi) is 51.5. The lowest BCUT2D eigenvalue weighted by Gasteiger charge is -2.18. The van der Waals surface area contributed by atoms with Crippen LogP contribution in [0.5, 0.6) is 0 Å². The Labute approximate surface area is 412 Å². The van der Waals surface area contributed by atoms with E-state index >= 15 is 0 Å². The molecule has 0 aromatic rings. The third-order valence-electron chi connectivity index (χ3n) is 11.2. The van der Waals surface area contributed by atoms with E-state index in [1.807, 2.05) is 0 Å². The second-order valence-corrected chi connectivity index (χ2v) is 17.7. The number of rotatable bonds is 48. The Morgan fingerprint density at radius 3 is 0.910 bits per heavy atom. The molecule has 0 aliphatic heterocycles. The summed E-state index contributed by atoms with van der Waals surface area (Å²) in [5.74, 6) is -0.935. The molecular formula is C61H100O6. The number of hydrogen-bond donors (Lipinski definition) is 0. The minimum absolute atomic E-state index is 0.0960. The van der Waals surface area contributed by atoms with E-state index in [1.54, 1.807) is 0 Å². The van der Waals surface area contributed by atoms with E-state index in [2.05, 4.69) is 130 Å². The fourth-order valence-corrected chi connectivity index (χ4v) is 7.19. The van der Waals surface area contributed by atoms with E-state index < -0.39 is 6.10 Å². The number of unbranched alkanes of at least 4 members (excludes halogenated alkanes) is 19. The molecule has 0 aliphatic rings. The van der Waals surface area contributed by atoms with Crippen molar-refractivity contribution in [3.63, 3.8) is 0 Å². The molecule has 6 heteroatoms. The highest BCUT2D eigenvalue weighted by atomic mass is 16.6. The highest BCUT2D eigenvalue weighted by molar-refractivity contribution is 5.71. The van der Waals surface area contributed by atoms with Crippen molar-refractivity contribution < 1.29 is 28.6 Å². The van der Waals surface area contributed by atoms with E-state index in [1.165, 1.54) is 44.9 Å². The maximum atomic E-state index is 12.8. The maximum Gasteiger partial charge on any atom is 0.306 e. The van der Waals surface area contributed by atoms with Crippen LogP contribution in [0, 0.1) is 0 Å². The Morgan fingerprint density at radius 1 is 0.313 bits per heavy atom. The highest BCUT2D eigenvalue weighted by Crippen LogP contribution is 2.14. The predicted molar refractivity (Wildman–Crippen MR) is 288 cm³/mol. The van der Waals surface area contributed by atoms with E-state index in [4.69, 9.17) is 14.2 Å². The number of allylic oxidation sites excluding steroid dienone is 18. The zero-order valence-corrected chi connectivity index (χ0v) is 43.4. The van der Waals surface area contributed by atoms with Crippen LogP contribution < -0.4 is 0 Å². The van der Waals surface area contributed by atoms with Crippen molar-refractivity contribution in [1.82, 2.24) is 0 Å². The second-order valence-electron chi connectivity index (χ2n) is 17.7. The SMILES string of the molecule is CC/C=C\C/C=C\C/C=C\C/C=C\CCCCCCCCC(=O)OCC(COC(=O)CCCCCCC/C=C\C/C=C\CCC)OC(=O)CCCCCCCCC/C=C\C/C=C\C/C=C\CC. The zero-order valence-electron chi connectivity index (χ0n) is 43.4. The molecule has 0 saturated carbocycles. The van der Waals surface area contributed by atoms with Crippen LogP contribution in [0.2, 0.25) is 0 Å². The number of esters is 3. The molecular weight excluding hydrogens is 829 g/mol. The van der Waals surface area contributed by atoms with Crippen molar-refractivity contribution in [2.45, 2.75) is 245 Å². The number of carbonyl (C=O) groups excluding carboxylic acids is 3. The van der Waals surface area contributed by atoms with Gasteiger partial charge in [0.25, 0.3) is 0 Å². The van der Waals surface area contributed by atoms with Gasteiger partial charge in [0.1, 0.15) is 13.2 Å². The van der Waals surface area contributed by atoms with Gasteiger partial charge in [0.05, 0.1) is 0 Å². The van der Waals surface area contributed by atoms with Gasteiger partial charge in [0.2, 0.25) is 0 Å². The molecule has 0 aliphatic carbocycles. The van der Waals surface area contributed by atoms with Crippen LogP contribution in [0.15, 0.2) is 109 Å². The van der Waals surface area contributed by atoms with Gasteiger partial charge in [-0.25, -0.2) is 0 Å². The Morgan fingerprint density at radius 2 is 0.582 bits per heavy atom. The molecule has 0 spiro atoms. The van der Waals surface area contributed by atoms with Gasteiger partial charge in [0, 0.05) is 19.3 Å². The van der Waals surface area contributed by atoms with Gasteiger partial charge in [-0.05, 0) is 116 Å². The van der Waals surface area contributed by atoms with Crippen molar-refractivity contribution in [2.24, 2.45) is 0 Å². The average molecular weight is 929 g/mol. The summed E-state index contributed by atoms with van der Waals surface area (Å²) in [6.45, 7) is 6.31. The van der Waals surface area contributed by atoms with Crippen LogP contribution in [0.3, 0.4) is 0 Å². The summed E-state index contributed by atoms with van der Waals surface area (Å²) in [5.41, 5.74) is 0. The molecule has 0 rings (SSSR count). The lowest BCUT2D eigenvalue weighted by Crippen LogP contribution is -2.30. The minimum atomic E-state index is -0.797. The Hall–Kier alpha value is -3.93. The largest absolute Gasteiger partial charge is 0.462 e. The Balaban J connectivity index is 4.44. The molecule has 380 valence electrons. The molecule has 0 heterocycles. The normalized spacial score (nSPS) is 12.9. The molecule has 0 fully saturated rings. The summed E-state index contributed by atoms with van der Waals surface area (Å²) in [5, 5.41) is 0. The quantitative estimate of drug-likeness (QED) is 0.0262. The Bertz CT molecular complexity index is 1390. The summed E-state index contributed by atoms with van der Waals surface area (Å²) in [4.78, 5) is 38.1.